The maximum atomic E-state index is 12.2. The first kappa shape index (κ1) is 22.2. The second-order valence-corrected chi connectivity index (χ2v) is 9.21. The van der Waals surface area contributed by atoms with Crippen molar-refractivity contribution in [2.24, 2.45) is 12.0 Å². The van der Waals surface area contributed by atoms with Gasteiger partial charge in [-0.25, -0.2) is 8.42 Å². The molecule has 160 valence electrons. The third-order valence-corrected chi connectivity index (χ3v) is 5.76. The van der Waals surface area contributed by atoms with E-state index < -0.39 is 15.1 Å². The molecule has 0 amide bonds. The molecule has 3 aromatic rings. The summed E-state index contributed by atoms with van der Waals surface area (Å²) in [6.45, 7) is 0.597. The number of hydrogen-bond acceptors (Lipinski definition) is 6. The van der Waals surface area contributed by atoms with Gasteiger partial charge in [0.25, 0.3) is 0 Å². The van der Waals surface area contributed by atoms with Crippen molar-refractivity contribution in [3.05, 3.63) is 72.2 Å². The summed E-state index contributed by atoms with van der Waals surface area (Å²) < 4.78 is 26.0. The molecule has 0 saturated heterocycles. The molecule has 0 radical (unpaired) electrons. The molecule has 0 saturated carbocycles. The van der Waals surface area contributed by atoms with Crippen LogP contribution in [0.3, 0.4) is 0 Å². The molecule has 0 aliphatic rings. The molecular weight excluding hydrogens is 412 g/mol. The third kappa shape index (κ3) is 5.99. The molecule has 0 bridgehead atoms. The molecule has 1 unspecified atom stereocenters. The van der Waals surface area contributed by atoms with Gasteiger partial charge in [-0.15, -0.1) is 0 Å². The zero-order chi connectivity index (χ0) is 22.3. The highest BCUT2D eigenvalue weighted by Crippen LogP contribution is 2.22. The lowest BCUT2D eigenvalue weighted by atomic mass is 10.1. The SMILES string of the molecule is Cn1cc(CN=C(NCCc2ccccn2)C(C#N)S(C)(=O)=O)c(-c2ccccc2)n1. The largest absolute Gasteiger partial charge is 0.371 e. The summed E-state index contributed by atoms with van der Waals surface area (Å²) in [6.07, 6.45) is 5.16. The number of aromatic nitrogens is 3. The first-order valence-electron chi connectivity index (χ1n) is 9.73. The summed E-state index contributed by atoms with van der Waals surface area (Å²) in [5, 5.41) is 15.7. The first-order valence-corrected chi connectivity index (χ1v) is 11.7. The van der Waals surface area contributed by atoms with Crippen LogP contribution in [0.25, 0.3) is 11.3 Å². The van der Waals surface area contributed by atoms with E-state index >= 15 is 0 Å². The average Bonchev–Trinajstić information content (AvgIpc) is 3.13. The summed E-state index contributed by atoms with van der Waals surface area (Å²) >= 11 is 0. The van der Waals surface area contributed by atoms with Gasteiger partial charge in [0, 0.05) is 55.5 Å². The van der Waals surface area contributed by atoms with Crippen LogP contribution in [-0.2, 0) is 29.9 Å². The van der Waals surface area contributed by atoms with E-state index in [-0.39, 0.29) is 12.4 Å². The highest BCUT2D eigenvalue weighted by molar-refractivity contribution is 7.92. The number of aliphatic imine (C=N–C) groups is 1. The van der Waals surface area contributed by atoms with Gasteiger partial charge < -0.3 is 5.32 Å². The minimum Gasteiger partial charge on any atom is -0.371 e. The Hall–Kier alpha value is -3.51. The smallest absolute Gasteiger partial charge is 0.204 e. The zero-order valence-electron chi connectivity index (χ0n) is 17.4. The van der Waals surface area contributed by atoms with Crippen LogP contribution in [-0.4, -0.2) is 47.1 Å². The number of sulfone groups is 1. The van der Waals surface area contributed by atoms with E-state index in [1.54, 1.807) is 10.9 Å². The van der Waals surface area contributed by atoms with Crippen molar-refractivity contribution in [1.29, 1.82) is 5.26 Å². The highest BCUT2D eigenvalue weighted by atomic mass is 32.2. The fourth-order valence-electron chi connectivity index (χ4n) is 3.12. The number of amidine groups is 1. The van der Waals surface area contributed by atoms with Crippen molar-refractivity contribution in [3.63, 3.8) is 0 Å². The molecule has 0 aliphatic carbocycles. The van der Waals surface area contributed by atoms with Gasteiger partial charge in [-0.1, -0.05) is 36.4 Å². The Kier molecular flexibility index (Phi) is 7.15. The van der Waals surface area contributed by atoms with E-state index in [0.29, 0.717) is 13.0 Å². The molecule has 9 heteroatoms. The Bertz CT molecular complexity index is 1180. The van der Waals surface area contributed by atoms with Crippen LogP contribution in [0.2, 0.25) is 0 Å². The lowest BCUT2D eigenvalue weighted by Gasteiger charge is -2.14. The molecule has 0 fully saturated rings. The third-order valence-electron chi connectivity index (χ3n) is 4.58. The molecule has 2 heterocycles. The van der Waals surface area contributed by atoms with Gasteiger partial charge in [0.2, 0.25) is 5.25 Å². The van der Waals surface area contributed by atoms with Gasteiger partial charge in [0.15, 0.2) is 9.84 Å². The van der Waals surface area contributed by atoms with Crippen molar-refractivity contribution >= 4 is 15.7 Å². The van der Waals surface area contributed by atoms with Crippen LogP contribution in [0.5, 0.6) is 0 Å². The predicted molar refractivity (Wildman–Crippen MR) is 120 cm³/mol. The Morgan fingerprint density at radius 3 is 2.61 bits per heavy atom. The van der Waals surface area contributed by atoms with Gasteiger partial charge in [-0.05, 0) is 12.1 Å². The first-order chi connectivity index (χ1) is 14.9. The number of benzene rings is 1. The Balaban J connectivity index is 1.85. The van der Waals surface area contributed by atoms with Crippen molar-refractivity contribution in [2.75, 3.05) is 12.8 Å². The van der Waals surface area contributed by atoms with Crippen molar-refractivity contribution in [1.82, 2.24) is 20.1 Å². The summed E-state index contributed by atoms with van der Waals surface area (Å²) in [5.74, 6) is 0.129. The molecule has 1 atom stereocenters. The van der Waals surface area contributed by atoms with Crippen LogP contribution in [0.4, 0.5) is 0 Å². The molecular formula is C22H24N6O2S. The van der Waals surface area contributed by atoms with Gasteiger partial charge in [0.05, 0.1) is 18.3 Å². The molecule has 1 aromatic carbocycles. The van der Waals surface area contributed by atoms with Crippen LogP contribution in [0.1, 0.15) is 11.3 Å². The van der Waals surface area contributed by atoms with Crippen molar-refractivity contribution < 1.29 is 8.42 Å². The zero-order valence-corrected chi connectivity index (χ0v) is 18.2. The second kappa shape index (κ2) is 10.00. The number of rotatable bonds is 8. The summed E-state index contributed by atoms with van der Waals surface area (Å²) in [6, 6.07) is 17.2. The molecule has 1 N–H and O–H groups in total. The van der Waals surface area contributed by atoms with Gasteiger partial charge >= 0.3 is 0 Å². The molecule has 0 spiro atoms. The van der Waals surface area contributed by atoms with E-state index in [0.717, 1.165) is 28.8 Å². The number of aryl methyl sites for hydroxylation is 1. The van der Waals surface area contributed by atoms with E-state index in [2.05, 4.69) is 20.4 Å². The van der Waals surface area contributed by atoms with E-state index in [1.807, 2.05) is 67.8 Å². The number of nitrogens with one attached hydrogen (secondary N) is 1. The number of pyridine rings is 1. The quantitative estimate of drug-likeness (QED) is 0.428. The topological polar surface area (TPSA) is 113 Å². The predicted octanol–water partition coefficient (Wildman–Crippen LogP) is 2.15. The van der Waals surface area contributed by atoms with Gasteiger partial charge in [-0.2, -0.15) is 10.4 Å². The number of nitriles is 1. The molecule has 3 rings (SSSR count). The summed E-state index contributed by atoms with van der Waals surface area (Å²) in [4.78, 5) is 8.75. The number of hydrogen-bond donors (Lipinski definition) is 1. The van der Waals surface area contributed by atoms with Crippen LogP contribution in [0, 0.1) is 11.3 Å². The fourth-order valence-corrected chi connectivity index (χ4v) is 3.87. The van der Waals surface area contributed by atoms with Gasteiger partial charge in [0.1, 0.15) is 5.84 Å². The monoisotopic (exact) mass is 436 g/mol. The van der Waals surface area contributed by atoms with Crippen LogP contribution < -0.4 is 5.32 Å². The Morgan fingerprint density at radius 2 is 1.97 bits per heavy atom. The van der Waals surface area contributed by atoms with Crippen LogP contribution >= 0.6 is 0 Å². The Labute approximate surface area is 182 Å². The minimum absolute atomic E-state index is 0.129. The molecule has 2 aromatic heterocycles. The van der Waals surface area contributed by atoms with Crippen LogP contribution in [0.15, 0.2) is 65.9 Å². The van der Waals surface area contributed by atoms with E-state index in [9.17, 15) is 13.7 Å². The molecule has 31 heavy (non-hydrogen) atoms. The number of nitrogens with zero attached hydrogens (tertiary/aromatic N) is 5. The van der Waals surface area contributed by atoms with Gasteiger partial charge in [-0.3, -0.25) is 14.7 Å². The van der Waals surface area contributed by atoms with Crippen molar-refractivity contribution in [3.8, 4) is 17.3 Å². The standard InChI is InChI=1S/C22H24N6O2S/c1-28-16-18(21(27-28)17-8-4-3-5-9-17)15-26-22(20(14-23)31(2,29)30)25-13-11-19-10-6-7-12-24-19/h3-10,12,16,20H,11,13,15H2,1-2H3,(H,25,26). The maximum absolute atomic E-state index is 12.2. The lowest BCUT2D eigenvalue weighted by molar-refractivity contribution is 0.601. The summed E-state index contributed by atoms with van der Waals surface area (Å²) in [5.41, 5.74) is 3.41. The molecule has 0 aliphatic heterocycles. The molecule has 8 nitrogen and oxygen atoms in total. The summed E-state index contributed by atoms with van der Waals surface area (Å²) in [7, 11) is -1.84. The second-order valence-electron chi connectivity index (χ2n) is 7.08. The Morgan fingerprint density at radius 1 is 1.23 bits per heavy atom. The van der Waals surface area contributed by atoms with Crippen molar-refractivity contribution in [2.45, 2.75) is 18.2 Å². The van der Waals surface area contributed by atoms with E-state index in [4.69, 9.17) is 0 Å². The lowest BCUT2D eigenvalue weighted by Crippen LogP contribution is -2.40. The van der Waals surface area contributed by atoms with E-state index in [1.165, 1.54) is 0 Å². The fraction of sp³-hybridized carbons (Fsp3) is 0.273. The average molecular weight is 437 g/mol. The normalized spacial score (nSPS) is 12.9. The highest BCUT2D eigenvalue weighted by Gasteiger charge is 2.26. The minimum atomic E-state index is -3.66. The maximum Gasteiger partial charge on any atom is 0.204 e.